The predicted molar refractivity (Wildman–Crippen MR) is 44.3 cm³/mol. The Morgan fingerprint density at radius 2 is 2.31 bits per heavy atom. The van der Waals surface area contributed by atoms with Gasteiger partial charge in [0.15, 0.2) is 5.82 Å². The zero-order valence-electron chi connectivity index (χ0n) is 7.56. The molecule has 0 spiro atoms. The van der Waals surface area contributed by atoms with Crippen molar-refractivity contribution in [2.45, 2.75) is 44.3 Å². The molecule has 0 amide bonds. The molecule has 3 heterocycles. The number of hydrogen-bond acceptors (Lipinski definition) is 4. The molecule has 1 aromatic rings. The fourth-order valence-corrected chi connectivity index (χ4v) is 2.38. The second-order valence-electron chi connectivity index (χ2n) is 3.89. The Kier molecular flexibility index (Phi) is 1.47. The highest BCUT2D eigenvalue weighted by atomic mass is 16.5. The minimum Gasteiger partial charge on any atom is -0.374 e. The molecule has 0 N–H and O–H groups in total. The third-order valence-electron chi connectivity index (χ3n) is 2.98. The van der Waals surface area contributed by atoms with Crippen LogP contribution in [0.3, 0.4) is 0 Å². The maximum Gasteiger partial charge on any atom is 0.223 e. The minimum atomic E-state index is 0.349. The van der Waals surface area contributed by atoms with Crippen molar-refractivity contribution in [1.82, 2.24) is 10.1 Å². The van der Waals surface area contributed by atoms with Gasteiger partial charge in [-0.2, -0.15) is 4.98 Å². The van der Waals surface area contributed by atoms with Gasteiger partial charge in [-0.05, 0) is 19.3 Å². The number of rotatable bonds is 1. The molecule has 1 aromatic heterocycles. The van der Waals surface area contributed by atoms with Crippen LogP contribution < -0.4 is 0 Å². The molecule has 70 valence electrons. The number of fused-ring (bicyclic) bond motifs is 2. The monoisotopic (exact) mass is 180 g/mol. The van der Waals surface area contributed by atoms with Crippen LogP contribution in [0.2, 0.25) is 0 Å². The summed E-state index contributed by atoms with van der Waals surface area (Å²) in [6, 6.07) is 0. The van der Waals surface area contributed by atoms with Crippen LogP contribution >= 0.6 is 0 Å². The van der Waals surface area contributed by atoms with Crippen molar-refractivity contribution in [3.63, 3.8) is 0 Å². The number of aryl methyl sites for hydroxylation is 1. The van der Waals surface area contributed by atoms with Crippen LogP contribution in [-0.2, 0) is 4.74 Å². The largest absolute Gasteiger partial charge is 0.374 e. The Hall–Kier alpha value is -0.900. The first-order chi connectivity index (χ1) is 6.33. The highest BCUT2D eigenvalue weighted by Crippen LogP contribution is 2.43. The van der Waals surface area contributed by atoms with Gasteiger partial charge in [-0.15, -0.1) is 0 Å². The van der Waals surface area contributed by atoms with Gasteiger partial charge in [-0.25, -0.2) is 0 Å². The van der Waals surface area contributed by atoms with Crippen LogP contribution in [0.5, 0.6) is 0 Å². The molecule has 4 heteroatoms. The number of aromatic nitrogens is 2. The Balaban J connectivity index is 1.87. The highest BCUT2D eigenvalue weighted by molar-refractivity contribution is 5.06. The van der Waals surface area contributed by atoms with E-state index in [-0.39, 0.29) is 0 Å². The van der Waals surface area contributed by atoms with Crippen LogP contribution in [0.4, 0.5) is 0 Å². The van der Waals surface area contributed by atoms with Crippen molar-refractivity contribution < 1.29 is 9.26 Å². The van der Waals surface area contributed by atoms with Gasteiger partial charge in [0, 0.05) is 6.92 Å². The lowest BCUT2D eigenvalue weighted by Crippen LogP contribution is -2.15. The molecular formula is C9H12N2O2. The smallest absolute Gasteiger partial charge is 0.223 e. The van der Waals surface area contributed by atoms with Crippen molar-refractivity contribution in [3.8, 4) is 0 Å². The molecule has 3 rings (SSSR count). The average Bonchev–Trinajstić information content (AvgIpc) is 2.77. The second-order valence-corrected chi connectivity index (χ2v) is 3.89. The van der Waals surface area contributed by atoms with E-state index in [4.69, 9.17) is 9.26 Å². The lowest BCUT2D eigenvalue weighted by atomic mass is 9.89. The summed E-state index contributed by atoms with van der Waals surface area (Å²) in [6.07, 6.45) is 4.24. The average molecular weight is 180 g/mol. The first-order valence-electron chi connectivity index (χ1n) is 4.78. The topological polar surface area (TPSA) is 48.2 Å². The van der Waals surface area contributed by atoms with Crippen LogP contribution in [0.15, 0.2) is 4.52 Å². The lowest BCUT2D eigenvalue weighted by molar-refractivity contribution is 0.0996. The predicted octanol–water partition coefficient (Wildman–Crippen LogP) is 1.41. The fourth-order valence-electron chi connectivity index (χ4n) is 2.38. The Morgan fingerprint density at radius 1 is 1.38 bits per heavy atom. The normalized spacial score (nSPS) is 37.2. The van der Waals surface area contributed by atoms with Gasteiger partial charge in [-0.1, -0.05) is 5.16 Å². The van der Waals surface area contributed by atoms with E-state index in [0.29, 0.717) is 24.0 Å². The van der Waals surface area contributed by atoms with Gasteiger partial charge in [-0.3, -0.25) is 0 Å². The van der Waals surface area contributed by atoms with Crippen molar-refractivity contribution >= 4 is 0 Å². The molecule has 3 unspecified atom stereocenters. The standard InChI is InChI=1S/C9H12N2O2/c1-5-10-9(11-13-5)7-4-6-2-3-8(7)12-6/h6-8H,2-4H2,1H3. The molecule has 2 aliphatic heterocycles. The Labute approximate surface area is 76.3 Å². The summed E-state index contributed by atoms with van der Waals surface area (Å²) in [7, 11) is 0. The number of ether oxygens (including phenoxy) is 1. The third kappa shape index (κ3) is 1.09. The van der Waals surface area contributed by atoms with Gasteiger partial charge < -0.3 is 9.26 Å². The minimum absolute atomic E-state index is 0.349. The Bertz CT molecular complexity index is 323. The highest BCUT2D eigenvalue weighted by Gasteiger charge is 2.43. The maximum absolute atomic E-state index is 5.73. The van der Waals surface area contributed by atoms with E-state index in [1.165, 1.54) is 6.42 Å². The molecule has 2 saturated heterocycles. The van der Waals surface area contributed by atoms with Gasteiger partial charge in [0.1, 0.15) is 0 Å². The molecule has 4 nitrogen and oxygen atoms in total. The molecule has 2 bridgehead atoms. The summed E-state index contributed by atoms with van der Waals surface area (Å²) >= 11 is 0. The summed E-state index contributed by atoms with van der Waals surface area (Å²) < 4.78 is 10.7. The molecule has 2 aliphatic rings. The van der Waals surface area contributed by atoms with Crippen LogP contribution in [0.1, 0.15) is 36.9 Å². The van der Waals surface area contributed by atoms with Gasteiger partial charge in [0.2, 0.25) is 5.89 Å². The number of nitrogens with zero attached hydrogens (tertiary/aromatic N) is 2. The van der Waals surface area contributed by atoms with Gasteiger partial charge in [0.05, 0.1) is 18.1 Å². The van der Waals surface area contributed by atoms with E-state index in [1.807, 2.05) is 6.92 Å². The van der Waals surface area contributed by atoms with Crippen molar-refractivity contribution in [2.75, 3.05) is 0 Å². The van der Waals surface area contributed by atoms with Crippen LogP contribution in [0, 0.1) is 6.92 Å². The quantitative estimate of drug-likeness (QED) is 0.655. The van der Waals surface area contributed by atoms with E-state index in [0.717, 1.165) is 18.7 Å². The summed E-state index contributed by atoms with van der Waals surface area (Å²) in [4.78, 5) is 4.25. The molecule has 2 fully saturated rings. The fraction of sp³-hybridized carbons (Fsp3) is 0.778. The van der Waals surface area contributed by atoms with E-state index in [1.54, 1.807) is 0 Å². The van der Waals surface area contributed by atoms with E-state index < -0.39 is 0 Å². The molecule has 0 aliphatic carbocycles. The second kappa shape index (κ2) is 2.54. The molecule has 0 saturated carbocycles. The van der Waals surface area contributed by atoms with E-state index >= 15 is 0 Å². The molecular weight excluding hydrogens is 168 g/mol. The van der Waals surface area contributed by atoms with Crippen molar-refractivity contribution in [3.05, 3.63) is 11.7 Å². The summed E-state index contributed by atoms with van der Waals surface area (Å²) in [5.41, 5.74) is 0. The van der Waals surface area contributed by atoms with Gasteiger partial charge >= 0.3 is 0 Å². The van der Waals surface area contributed by atoms with Crippen LogP contribution in [-0.4, -0.2) is 22.3 Å². The molecule has 3 atom stereocenters. The summed E-state index contributed by atoms with van der Waals surface area (Å²) in [5, 5.41) is 3.95. The van der Waals surface area contributed by atoms with Crippen molar-refractivity contribution in [1.29, 1.82) is 0 Å². The lowest BCUT2D eigenvalue weighted by Gasteiger charge is -2.13. The SMILES string of the molecule is Cc1nc(C2CC3CCC2O3)no1. The number of hydrogen-bond donors (Lipinski definition) is 0. The van der Waals surface area contributed by atoms with Crippen molar-refractivity contribution in [2.24, 2.45) is 0 Å². The van der Waals surface area contributed by atoms with Gasteiger partial charge in [0.25, 0.3) is 0 Å². The summed E-state index contributed by atoms with van der Waals surface area (Å²) in [5.74, 6) is 1.87. The zero-order chi connectivity index (χ0) is 8.84. The van der Waals surface area contributed by atoms with E-state index in [2.05, 4.69) is 10.1 Å². The molecule has 13 heavy (non-hydrogen) atoms. The van der Waals surface area contributed by atoms with Crippen LogP contribution in [0.25, 0.3) is 0 Å². The third-order valence-corrected chi connectivity index (χ3v) is 2.98. The Morgan fingerprint density at radius 3 is 2.85 bits per heavy atom. The zero-order valence-corrected chi connectivity index (χ0v) is 7.56. The first kappa shape index (κ1) is 7.50. The van der Waals surface area contributed by atoms with E-state index in [9.17, 15) is 0 Å². The molecule has 0 radical (unpaired) electrons. The molecule has 0 aromatic carbocycles. The first-order valence-corrected chi connectivity index (χ1v) is 4.78. The maximum atomic E-state index is 5.73. The summed E-state index contributed by atoms with van der Waals surface area (Å²) in [6.45, 7) is 1.82.